The summed E-state index contributed by atoms with van der Waals surface area (Å²) < 4.78 is 15.6. The van der Waals surface area contributed by atoms with Gasteiger partial charge >= 0.3 is 5.97 Å². The van der Waals surface area contributed by atoms with Crippen LogP contribution < -0.4 is 14.2 Å². The van der Waals surface area contributed by atoms with Crippen molar-refractivity contribution in [2.24, 2.45) is 0 Å². The summed E-state index contributed by atoms with van der Waals surface area (Å²) in [5, 5.41) is 0.748. The molecule has 3 rings (SSSR count). The van der Waals surface area contributed by atoms with E-state index in [2.05, 4.69) is 0 Å². The van der Waals surface area contributed by atoms with E-state index in [0.717, 1.165) is 5.56 Å². The highest BCUT2D eigenvalue weighted by Gasteiger charge is 2.12. The summed E-state index contributed by atoms with van der Waals surface area (Å²) in [6.07, 6.45) is 2.93. The third-order valence-electron chi connectivity index (χ3n) is 2.91. The number of rotatable bonds is 3. The van der Waals surface area contributed by atoms with Crippen LogP contribution in [0.4, 0.5) is 0 Å². The van der Waals surface area contributed by atoms with Crippen LogP contribution in [0.15, 0.2) is 42.5 Å². The number of fused-ring (bicyclic) bond motifs is 1. The average Bonchev–Trinajstić information content (AvgIpc) is 2.95. The highest BCUT2D eigenvalue weighted by Crippen LogP contribution is 2.33. The Balaban J connectivity index is 1.68. The standard InChI is InChI=1S/C16H10Cl2O4/c17-11-3-5-13(12(18)8-11)22-16(19)6-2-10-1-4-14-15(7-10)21-9-20-14/h1-8H,9H2/b6-2+. The van der Waals surface area contributed by atoms with Crippen molar-refractivity contribution in [1.82, 2.24) is 0 Å². The first kappa shape index (κ1) is 14.8. The van der Waals surface area contributed by atoms with Crippen LogP contribution in [-0.4, -0.2) is 12.8 Å². The number of hydrogen-bond donors (Lipinski definition) is 0. The molecule has 6 heteroatoms. The Hall–Kier alpha value is -2.17. The fourth-order valence-corrected chi connectivity index (χ4v) is 2.33. The van der Waals surface area contributed by atoms with Gasteiger partial charge in [-0.15, -0.1) is 0 Å². The van der Waals surface area contributed by atoms with Gasteiger partial charge < -0.3 is 14.2 Å². The zero-order valence-electron chi connectivity index (χ0n) is 11.2. The minimum atomic E-state index is -0.540. The molecule has 1 aliphatic rings. The van der Waals surface area contributed by atoms with Crippen molar-refractivity contribution >= 4 is 35.2 Å². The van der Waals surface area contributed by atoms with Gasteiger partial charge in [-0.25, -0.2) is 4.79 Å². The second kappa shape index (κ2) is 6.30. The smallest absolute Gasteiger partial charge is 0.336 e. The van der Waals surface area contributed by atoms with Gasteiger partial charge in [0.15, 0.2) is 11.5 Å². The molecule has 2 aromatic rings. The Labute approximate surface area is 136 Å². The SMILES string of the molecule is O=C(/C=C/c1ccc2c(c1)OCO2)Oc1ccc(Cl)cc1Cl. The van der Waals surface area contributed by atoms with E-state index in [0.29, 0.717) is 16.5 Å². The van der Waals surface area contributed by atoms with Gasteiger partial charge in [-0.05, 0) is 42.0 Å². The van der Waals surface area contributed by atoms with E-state index in [1.807, 2.05) is 6.07 Å². The number of benzene rings is 2. The predicted octanol–water partition coefficient (Wildman–Crippen LogP) is 4.34. The molecule has 0 radical (unpaired) electrons. The lowest BCUT2D eigenvalue weighted by Gasteiger charge is -2.04. The molecule has 0 unspecified atom stereocenters. The number of carbonyl (C=O) groups excluding carboxylic acids is 1. The molecule has 4 nitrogen and oxygen atoms in total. The summed E-state index contributed by atoms with van der Waals surface area (Å²) >= 11 is 11.7. The highest BCUT2D eigenvalue weighted by molar-refractivity contribution is 6.35. The maximum Gasteiger partial charge on any atom is 0.336 e. The Morgan fingerprint density at radius 1 is 1.09 bits per heavy atom. The monoisotopic (exact) mass is 336 g/mol. The summed E-state index contributed by atoms with van der Waals surface area (Å²) in [5.74, 6) is 1.05. The molecule has 0 atom stereocenters. The van der Waals surface area contributed by atoms with Crippen molar-refractivity contribution in [3.63, 3.8) is 0 Å². The zero-order valence-corrected chi connectivity index (χ0v) is 12.7. The van der Waals surface area contributed by atoms with Gasteiger partial charge in [-0.1, -0.05) is 29.3 Å². The zero-order chi connectivity index (χ0) is 15.5. The first-order valence-corrected chi connectivity index (χ1v) is 7.12. The highest BCUT2D eigenvalue weighted by atomic mass is 35.5. The lowest BCUT2D eigenvalue weighted by atomic mass is 10.2. The van der Waals surface area contributed by atoms with Gasteiger partial charge in [0.25, 0.3) is 0 Å². The summed E-state index contributed by atoms with van der Waals surface area (Å²) in [6.45, 7) is 0.208. The van der Waals surface area contributed by atoms with E-state index >= 15 is 0 Å². The van der Waals surface area contributed by atoms with Crippen LogP contribution in [0.1, 0.15) is 5.56 Å². The van der Waals surface area contributed by atoms with Gasteiger partial charge in [-0.3, -0.25) is 0 Å². The van der Waals surface area contributed by atoms with Crippen molar-refractivity contribution < 1.29 is 19.0 Å². The molecule has 0 spiro atoms. The Bertz CT molecular complexity index is 756. The predicted molar refractivity (Wildman–Crippen MR) is 83.7 cm³/mol. The first-order valence-electron chi connectivity index (χ1n) is 6.36. The van der Waals surface area contributed by atoms with Gasteiger partial charge in [-0.2, -0.15) is 0 Å². The van der Waals surface area contributed by atoms with E-state index in [-0.39, 0.29) is 17.6 Å². The van der Waals surface area contributed by atoms with Crippen molar-refractivity contribution in [2.45, 2.75) is 0 Å². The van der Waals surface area contributed by atoms with E-state index in [9.17, 15) is 4.79 Å². The fraction of sp³-hybridized carbons (Fsp3) is 0.0625. The number of ether oxygens (including phenoxy) is 3. The van der Waals surface area contributed by atoms with Gasteiger partial charge in [0.1, 0.15) is 5.75 Å². The third-order valence-corrected chi connectivity index (χ3v) is 3.44. The van der Waals surface area contributed by atoms with Crippen LogP contribution in [0.5, 0.6) is 17.2 Å². The number of esters is 1. The maximum atomic E-state index is 11.8. The molecule has 0 amide bonds. The second-order valence-corrected chi connectivity index (χ2v) is 5.29. The first-order chi connectivity index (χ1) is 10.6. The van der Waals surface area contributed by atoms with Crippen LogP contribution in [0.25, 0.3) is 6.08 Å². The molecule has 0 saturated carbocycles. The summed E-state index contributed by atoms with van der Waals surface area (Å²) in [4.78, 5) is 11.8. The van der Waals surface area contributed by atoms with Crippen LogP contribution >= 0.6 is 23.2 Å². The van der Waals surface area contributed by atoms with Crippen LogP contribution in [0.2, 0.25) is 10.0 Å². The van der Waals surface area contributed by atoms with Gasteiger partial charge in [0.05, 0.1) is 5.02 Å². The lowest BCUT2D eigenvalue weighted by Crippen LogP contribution is -2.03. The van der Waals surface area contributed by atoms with E-state index < -0.39 is 5.97 Å². The fourth-order valence-electron chi connectivity index (χ4n) is 1.88. The largest absolute Gasteiger partial charge is 0.454 e. The minimum absolute atomic E-state index is 0.208. The molecule has 112 valence electrons. The van der Waals surface area contributed by atoms with E-state index in [4.69, 9.17) is 37.4 Å². The minimum Gasteiger partial charge on any atom is -0.454 e. The summed E-state index contributed by atoms with van der Waals surface area (Å²) in [6, 6.07) is 10.0. The van der Waals surface area contributed by atoms with Crippen LogP contribution in [-0.2, 0) is 4.79 Å². The van der Waals surface area contributed by atoms with E-state index in [1.54, 1.807) is 24.3 Å². The van der Waals surface area contributed by atoms with Crippen LogP contribution in [0, 0.1) is 0 Å². The molecule has 0 bridgehead atoms. The molecule has 0 saturated heterocycles. The number of hydrogen-bond acceptors (Lipinski definition) is 4. The molecule has 2 aromatic carbocycles. The maximum absolute atomic E-state index is 11.8. The molecular formula is C16H10Cl2O4. The molecule has 0 aromatic heterocycles. The molecule has 22 heavy (non-hydrogen) atoms. The lowest BCUT2D eigenvalue weighted by molar-refractivity contribution is -0.128. The molecule has 1 heterocycles. The molecule has 0 fully saturated rings. The van der Waals surface area contributed by atoms with Crippen molar-refractivity contribution in [1.29, 1.82) is 0 Å². The van der Waals surface area contributed by atoms with Gasteiger partial charge in [0.2, 0.25) is 6.79 Å². The number of halogens is 2. The third kappa shape index (κ3) is 3.35. The molecule has 0 aliphatic carbocycles. The van der Waals surface area contributed by atoms with Gasteiger partial charge in [0, 0.05) is 11.1 Å². The van der Waals surface area contributed by atoms with Crippen molar-refractivity contribution in [3.8, 4) is 17.2 Å². The second-order valence-electron chi connectivity index (χ2n) is 4.44. The molecular weight excluding hydrogens is 327 g/mol. The normalized spacial score (nSPS) is 12.6. The summed E-state index contributed by atoms with van der Waals surface area (Å²) in [7, 11) is 0. The topological polar surface area (TPSA) is 44.8 Å². The molecule has 1 aliphatic heterocycles. The Kier molecular flexibility index (Phi) is 4.22. The van der Waals surface area contributed by atoms with Crippen LogP contribution in [0.3, 0.4) is 0 Å². The Morgan fingerprint density at radius 3 is 2.73 bits per heavy atom. The molecule has 0 N–H and O–H groups in total. The quantitative estimate of drug-likeness (QED) is 0.475. The summed E-state index contributed by atoms with van der Waals surface area (Å²) in [5.41, 5.74) is 0.795. The number of carbonyl (C=O) groups is 1. The average molecular weight is 337 g/mol. The Morgan fingerprint density at radius 2 is 1.91 bits per heavy atom. The van der Waals surface area contributed by atoms with Crippen molar-refractivity contribution in [2.75, 3.05) is 6.79 Å². The van der Waals surface area contributed by atoms with Crippen molar-refractivity contribution in [3.05, 3.63) is 58.1 Å². The van der Waals surface area contributed by atoms with E-state index in [1.165, 1.54) is 18.2 Å².